The lowest BCUT2D eigenvalue weighted by molar-refractivity contribution is 0.0957. The highest BCUT2D eigenvalue weighted by Crippen LogP contribution is 2.09. The quantitative estimate of drug-likeness (QED) is 0.671. The van der Waals surface area contributed by atoms with Crippen LogP contribution in [0.25, 0.3) is 0 Å². The first kappa shape index (κ1) is 9.00. The van der Waals surface area contributed by atoms with E-state index in [0.717, 1.165) is 5.56 Å². The molecule has 1 aromatic rings. The van der Waals surface area contributed by atoms with E-state index in [1.54, 1.807) is 19.2 Å². The number of carbonyl (C=O) groups excluding carboxylic acids is 1. The van der Waals surface area contributed by atoms with Gasteiger partial charge in [-0.2, -0.15) is 0 Å². The van der Waals surface area contributed by atoms with Gasteiger partial charge in [-0.3, -0.25) is 4.79 Å². The summed E-state index contributed by atoms with van der Waals surface area (Å²) in [7, 11) is 1.56. The van der Waals surface area contributed by atoms with Crippen LogP contribution in [0.1, 0.15) is 16.1 Å². The van der Waals surface area contributed by atoms with Crippen LogP contribution in [-0.4, -0.2) is 17.9 Å². The molecule has 1 amide bonds. The lowest BCUT2D eigenvalue weighted by Gasteiger charge is -2.02. The number of aryl methyl sites for hydroxylation is 1. The Hall–Kier alpha value is -1.09. The van der Waals surface area contributed by atoms with E-state index in [0.29, 0.717) is 10.8 Å². The van der Waals surface area contributed by atoms with Gasteiger partial charge in [0, 0.05) is 7.05 Å². The molecule has 0 spiro atoms. The molecule has 0 radical (unpaired) electrons. The van der Waals surface area contributed by atoms with Gasteiger partial charge in [0.2, 0.25) is 0 Å². The maximum atomic E-state index is 11.2. The Bertz CT molecular complexity index is 312. The van der Waals surface area contributed by atoms with Crippen molar-refractivity contribution >= 4 is 17.5 Å². The Balaban J connectivity index is 3.13. The summed E-state index contributed by atoms with van der Waals surface area (Å²) >= 11 is 5.63. The molecule has 1 aromatic heterocycles. The molecule has 0 atom stereocenters. The van der Waals surface area contributed by atoms with Crippen LogP contribution in [0.3, 0.4) is 0 Å². The van der Waals surface area contributed by atoms with Gasteiger partial charge in [0.25, 0.3) is 5.91 Å². The minimum absolute atomic E-state index is 0.213. The lowest BCUT2D eigenvalue weighted by atomic mass is 10.2. The first-order chi connectivity index (χ1) is 5.65. The molecule has 0 saturated carbocycles. The molecular weight excluding hydrogens is 176 g/mol. The summed E-state index contributed by atoms with van der Waals surface area (Å²) in [4.78, 5) is 15.1. The first-order valence-corrected chi connectivity index (χ1v) is 3.88. The van der Waals surface area contributed by atoms with Gasteiger partial charge in [-0.05, 0) is 18.6 Å². The van der Waals surface area contributed by atoms with Crippen LogP contribution in [0.15, 0.2) is 12.1 Å². The fraction of sp³-hybridized carbons (Fsp3) is 0.250. The molecule has 1 rings (SSSR count). The zero-order valence-corrected chi connectivity index (χ0v) is 7.64. The highest BCUT2D eigenvalue weighted by Gasteiger charge is 2.08. The molecule has 0 unspecified atom stereocenters. The molecule has 1 N–H and O–H groups in total. The lowest BCUT2D eigenvalue weighted by Crippen LogP contribution is -2.20. The highest BCUT2D eigenvalue weighted by molar-refractivity contribution is 6.29. The van der Waals surface area contributed by atoms with Crippen molar-refractivity contribution in [2.75, 3.05) is 7.05 Å². The van der Waals surface area contributed by atoms with E-state index in [-0.39, 0.29) is 5.91 Å². The fourth-order valence-corrected chi connectivity index (χ4v) is 1.00. The predicted molar refractivity (Wildman–Crippen MR) is 47.4 cm³/mol. The number of pyridine rings is 1. The van der Waals surface area contributed by atoms with Crippen LogP contribution >= 0.6 is 11.6 Å². The molecular formula is C8H9ClN2O. The topological polar surface area (TPSA) is 42.0 Å². The first-order valence-electron chi connectivity index (χ1n) is 3.50. The van der Waals surface area contributed by atoms with E-state index in [1.165, 1.54) is 0 Å². The highest BCUT2D eigenvalue weighted by atomic mass is 35.5. The van der Waals surface area contributed by atoms with Crippen molar-refractivity contribution in [3.8, 4) is 0 Å². The Morgan fingerprint density at radius 1 is 1.58 bits per heavy atom. The number of hydrogen-bond acceptors (Lipinski definition) is 2. The van der Waals surface area contributed by atoms with Gasteiger partial charge in [-0.25, -0.2) is 4.98 Å². The molecule has 0 bridgehead atoms. The number of hydrogen-bond donors (Lipinski definition) is 1. The van der Waals surface area contributed by atoms with E-state index in [2.05, 4.69) is 10.3 Å². The summed E-state index contributed by atoms with van der Waals surface area (Å²) in [6.07, 6.45) is 0. The summed E-state index contributed by atoms with van der Waals surface area (Å²) in [5, 5.41) is 2.82. The number of nitrogens with one attached hydrogen (secondary N) is 1. The molecule has 12 heavy (non-hydrogen) atoms. The largest absolute Gasteiger partial charge is 0.354 e. The Morgan fingerprint density at radius 3 is 2.83 bits per heavy atom. The molecule has 0 saturated heterocycles. The number of carbonyl (C=O) groups is 1. The SMILES string of the molecule is CNC(=O)c1nc(Cl)ccc1C. The molecule has 0 aliphatic rings. The third kappa shape index (κ3) is 1.74. The van der Waals surface area contributed by atoms with Crippen molar-refractivity contribution in [1.29, 1.82) is 0 Å². The Labute approximate surface area is 75.8 Å². The molecule has 0 aliphatic carbocycles. The van der Waals surface area contributed by atoms with Crippen molar-refractivity contribution in [3.05, 3.63) is 28.5 Å². The van der Waals surface area contributed by atoms with E-state index in [9.17, 15) is 4.79 Å². The summed E-state index contributed by atoms with van der Waals surface area (Å²) in [6.45, 7) is 1.81. The number of nitrogens with zero attached hydrogens (tertiary/aromatic N) is 1. The zero-order chi connectivity index (χ0) is 9.14. The molecule has 0 aliphatic heterocycles. The average Bonchev–Trinajstić information content (AvgIpc) is 2.08. The maximum Gasteiger partial charge on any atom is 0.269 e. The van der Waals surface area contributed by atoms with Crippen LogP contribution < -0.4 is 5.32 Å². The van der Waals surface area contributed by atoms with Gasteiger partial charge in [-0.15, -0.1) is 0 Å². The van der Waals surface area contributed by atoms with E-state index in [1.807, 2.05) is 6.92 Å². The summed E-state index contributed by atoms with van der Waals surface area (Å²) in [5.41, 5.74) is 1.20. The van der Waals surface area contributed by atoms with Crippen LogP contribution in [0, 0.1) is 6.92 Å². The molecule has 3 nitrogen and oxygen atoms in total. The third-order valence-electron chi connectivity index (χ3n) is 1.51. The van der Waals surface area contributed by atoms with Gasteiger partial charge in [0.1, 0.15) is 10.8 Å². The van der Waals surface area contributed by atoms with Crippen molar-refractivity contribution in [1.82, 2.24) is 10.3 Å². The fourth-order valence-electron chi connectivity index (χ4n) is 0.853. The van der Waals surface area contributed by atoms with Gasteiger partial charge in [0.15, 0.2) is 0 Å². The maximum absolute atomic E-state index is 11.2. The minimum atomic E-state index is -0.213. The monoisotopic (exact) mass is 184 g/mol. The van der Waals surface area contributed by atoms with Gasteiger partial charge in [-0.1, -0.05) is 17.7 Å². The second-order valence-corrected chi connectivity index (χ2v) is 2.77. The van der Waals surface area contributed by atoms with E-state index in [4.69, 9.17) is 11.6 Å². The van der Waals surface area contributed by atoms with Crippen molar-refractivity contribution in [3.63, 3.8) is 0 Å². The van der Waals surface area contributed by atoms with Crippen LogP contribution in [-0.2, 0) is 0 Å². The number of halogens is 1. The van der Waals surface area contributed by atoms with Gasteiger partial charge < -0.3 is 5.32 Å². The average molecular weight is 185 g/mol. The number of rotatable bonds is 1. The number of aromatic nitrogens is 1. The predicted octanol–water partition coefficient (Wildman–Crippen LogP) is 1.40. The molecule has 0 fully saturated rings. The van der Waals surface area contributed by atoms with Crippen molar-refractivity contribution in [2.24, 2.45) is 0 Å². The molecule has 0 aromatic carbocycles. The minimum Gasteiger partial charge on any atom is -0.354 e. The normalized spacial score (nSPS) is 9.58. The van der Waals surface area contributed by atoms with Crippen molar-refractivity contribution < 1.29 is 4.79 Å². The second-order valence-electron chi connectivity index (χ2n) is 2.38. The Morgan fingerprint density at radius 2 is 2.25 bits per heavy atom. The van der Waals surface area contributed by atoms with E-state index < -0.39 is 0 Å². The Kier molecular flexibility index (Phi) is 2.65. The smallest absolute Gasteiger partial charge is 0.269 e. The summed E-state index contributed by atoms with van der Waals surface area (Å²) < 4.78 is 0. The standard InChI is InChI=1S/C8H9ClN2O/c1-5-3-4-6(9)11-7(5)8(12)10-2/h3-4H,1-2H3,(H,10,12). The summed E-state index contributed by atoms with van der Waals surface area (Å²) in [6, 6.07) is 3.42. The molecule has 4 heteroatoms. The van der Waals surface area contributed by atoms with Crippen molar-refractivity contribution in [2.45, 2.75) is 6.92 Å². The van der Waals surface area contributed by atoms with Gasteiger partial charge in [0.05, 0.1) is 0 Å². The second kappa shape index (κ2) is 3.54. The third-order valence-corrected chi connectivity index (χ3v) is 1.72. The van der Waals surface area contributed by atoms with Crippen LogP contribution in [0.5, 0.6) is 0 Å². The van der Waals surface area contributed by atoms with E-state index >= 15 is 0 Å². The molecule has 1 heterocycles. The van der Waals surface area contributed by atoms with Crippen LogP contribution in [0.4, 0.5) is 0 Å². The van der Waals surface area contributed by atoms with Gasteiger partial charge >= 0.3 is 0 Å². The number of amides is 1. The zero-order valence-electron chi connectivity index (χ0n) is 6.89. The molecule has 64 valence electrons. The van der Waals surface area contributed by atoms with Crippen LogP contribution in [0.2, 0.25) is 5.15 Å². The summed E-state index contributed by atoms with van der Waals surface area (Å²) in [5.74, 6) is -0.213.